The van der Waals surface area contributed by atoms with Gasteiger partial charge in [-0.3, -0.25) is 4.90 Å². The lowest BCUT2D eigenvalue weighted by atomic mass is 9.79. The van der Waals surface area contributed by atoms with Gasteiger partial charge in [0.2, 0.25) is 0 Å². The van der Waals surface area contributed by atoms with Gasteiger partial charge in [0.1, 0.15) is 5.75 Å². The minimum atomic E-state index is 0.158. The number of benzene rings is 1. The van der Waals surface area contributed by atoms with Crippen molar-refractivity contribution in [3.05, 3.63) is 23.8 Å². The van der Waals surface area contributed by atoms with Crippen molar-refractivity contribution in [1.82, 2.24) is 4.90 Å². The van der Waals surface area contributed by atoms with Crippen molar-refractivity contribution in [2.45, 2.75) is 51.0 Å². The lowest BCUT2D eigenvalue weighted by Gasteiger charge is -2.58. The normalized spacial score (nSPS) is 21.8. The maximum Gasteiger partial charge on any atom is 0.142 e. The van der Waals surface area contributed by atoms with E-state index in [1.54, 1.807) is 7.11 Å². The van der Waals surface area contributed by atoms with Crippen LogP contribution in [0.15, 0.2) is 18.2 Å². The molecule has 0 unspecified atom stereocenters. The van der Waals surface area contributed by atoms with Gasteiger partial charge in [-0.15, -0.1) is 0 Å². The predicted octanol–water partition coefficient (Wildman–Crippen LogP) is 3.67. The molecule has 2 aliphatic rings. The van der Waals surface area contributed by atoms with Crippen molar-refractivity contribution < 1.29 is 4.74 Å². The minimum absolute atomic E-state index is 0.158. The van der Waals surface area contributed by atoms with Crippen molar-refractivity contribution >= 4 is 5.69 Å². The van der Waals surface area contributed by atoms with Crippen LogP contribution in [0.25, 0.3) is 0 Å². The molecule has 2 heterocycles. The smallest absolute Gasteiger partial charge is 0.142 e. The van der Waals surface area contributed by atoms with E-state index in [1.807, 2.05) is 0 Å². The molecule has 1 aromatic rings. The van der Waals surface area contributed by atoms with E-state index in [0.717, 1.165) is 18.8 Å². The van der Waals surface area contributed by atoms with Gasteiger partial charge in [0.05, 0.1) is 18.3 Å². The van der Waals surface area contributed by atoms with Crippen LogP contribution in [0.4, 0.5) is 5.69 Å². The Hall–Kier alpha value is -1.22. The molecule has 1 spiro atoms. The number of hydrogen-bond donors (Lipinski definition) is 0. The molecule has 0 aliphatic carbocycles. The molecule has 2 saturated heterocycles. The van der Waals surface area contributed by atoms with Gasteiger partial charge >= 0.3 is 0 Å². The first kappa shape index (κ1) is 15.7. The monoisotopic (exact) mass is 302 g/mol. The zero-order valence-electron chi connectivity index (χ0n) is 14.8. The van der Waals surface area contributed by atoms with E-state index in [-0.39, 0.29) is 5.41 Å². The Morgan fingerprint density at radius 1 is 1.14 bits per heavy atom. The maximum atomic E-state index is 5.69. The Bertz CT molecular complexity index is 541. The van der Waals surface area contributed by atoms with Crippen LogP contribution in [0.3, 0.4) is 0 Å². The maximum absolute atomic E-state index is 5.69. The topological polar surface area (TPSA) is 15.7 Å². The van der Waals surface area contributed by atoms with Gasteiger partial charge in [0.15, 0.2) is 0 Å². The van der Waals surface area contributed by atoms with E-state index in [0.29, 0.717) is 5.54 Å². The first-order valence-electron chi connectivity index (χ1n) is 8.50. The average Bonchev–Trinajstić information content (AvgIpc) is 2.44. The number of hydrogen-bond acceptors (Lipinski definition) is 3. The fourth-order valence-electron chi connectivity index (χ4n) is 3.87. The van der Waals surface area contributed by atoms with Crippen LogP contribution in [0.1, 0.15) is 45.6 Å². The lowest BCUT2D eigenvalue weighted by molar-refractivity contribution is 0.0456. The molecule has 22 heavy (non-hydrogen) atoms. The highest BCUT2D eigenvalue weighted by Gasteiger charge is 2.47. The fraction of sp³-hybridized carbons (Fsp3) is 0.684. The third-order valence-corrected chi connectivity index (χ3v) is 5.55. The summed E-state index contributed by atoms with van der Waals surface area (Å²) in [6, 6.07) is 6.72. The second-order valence-corrected chi connectivity index (χ2v) is 8.10. The van der Waals surface area contributed by atoms with Crippen molar-refractivity contribution in [1.29, 1.82) is 0 Å². The summed E-state index contributed by atoms with van der Waals surface area (Å²) in [6.45, 7) is 10.3. The van der Waals surface area contributed by atoms with Crippen molar-refractivity contribution in [2.75, 3.05) is 38.7 Å². The lowest BCUT2D eigenvalue weighted by Crippen LogP contribution is -2.70. The van der Waals surface area contributed by atoms with Crippen LogP contribution in [0, 0.1) is 0 Å². The molecule has 0 N–H and O–H groups in total. The number of likely N-dealkylation sites (N-methyl/N-ethyl adjacent to an activating group) is 1. The average molecular weight is 302 g/mol. The molecule has 3 nitrogen and oxygen atoms in total. The van der Waals surface area contributed by atoms with Crippen LogP contribution in [-0.4, -0.2) is 44.2 Å². The number of likely N-dealkylation sites (tertiary alicyclic amines) is 1. The SMILES string of the molecule is COc1cc(C(C)(C)C)ccc1N1CC2(CCCCN2C)C1. The first-order chi connectivity index (χ1) is 10.4. The molecule has 0 bridgehead atoms. The van der Waals surface area contributed by atoms with Crippen LogP contribution < -0.4 is 9.64 Å². The summed E-state index contributed by atoms with van der Waals surface area (Å²) in [5.41, 5.74) is 3.15. The first-order valence-corrected chi connectivity index (χ1v) is 8.50. The molecule has 1 aromatic carbocycles. The molecule has 3 rings (SSSR count). The Morgan fingerprint density at radius 3 is 2.45 bits per heavy atom. The number of methoxy groups -OCH3 is 1. The summed E-state index contributed by atoms with van der Waals surface area (Å²) >= 11 is 0. The van der Waals surface area contributed by atoms with Crippen LogP contribution in [-0.2, 0) is 5.41 Å². The molecule has 2 aliphatic heterocycles. The van der Waals surface area contributed by atoms with Gasteiger partial charge in [-0.2, -0.15) is 0 Å². The standard InChI is InChI=1S/C19H30N2O/c1-18(2,3)15-8-9-16(17(12-15)22-5)21-13-19(14-21)10-6-7-11-20(19)4/h8-9,12H,6-7,10-11,13-14H2,1-5H3. The zero-order valence-corrected chi connectivity index (χ0v) is 14.8. The number of ether oxygens (including phenoxy) is 1. The second-order valence-electron chi connectivity index (χ2n) is 8.10. The summed E-state index contributed by atoms with van der Waals surface area (Å²) < 4.78 is 5.69. The van der Waals surface area contributed by atoms with Gasteiger partial charge in [-0.05, 0) is 49.5 Å². The third-order valence-electron chi connectivity index (χ3n) is 5.55. The quantitative estimate of drug-likeness (QED) is 0.829. The molecular weight excluding hydrogens is 272 g/mol. The Labute approximate surface area is 135 Å². The van der Waals surface area contributed by atoms with Gasteiger partial charge in [0.25, 0.3) is 0 Å². The Balaban J connectivity index is 1.79. The van der Waals surface area contributed by atoms with E-state index in [1.165, 1.54) is 37.1 Å². The van der Waals surface area contributed by atoms with Gasteiger partial charge in [-0.1, -0.05) is 33.3 Å². The van der Waals surface area contributed by atoms with Gasteiger partial charge in [-0.25, -0.2) is 0 Å². The molecule has 0 radical (unpaired) electrons. The molecule has 0 saturated carbocycles. The van der Waals surface area contributed by atoms with Crippen molar-refractivity contribution in [3.63, 3.8) is 0 Å². The highest BCUT2D eigenvalue weighted by atomic mass is 16.5. The number of rotatable bonds is 2. The Kier molecular flexibility index (Phi) is 3.88. The molecule has 0 atom stereocenters. The van der Waals surface area contributed by atoms with Gasteiger partial charge < -0.3 is 9.64 Å². The highest BCUT2D eigenvalue weighted by Crippen LogP contribution is 2.42. The van der Waals surface area contributed by atoms with E-state index in [9.17, 15) is 0 Å². The molecule has 0 amide bonds. The summed E-state index contributed by atoms with van der Waals surface area (Å²) in [4.78, 5) is 5.05. The predicted molar refractivity (Wildman–Crippen MR) is 93.1 cm³/mol. The van der Waals surface area contributed by atoms with Crippen LogP contribution >= 0.6 is 0 Å². The summed E-state index contributed by atoms with van der Waals surface area (Å²) in [7, 11) is 4.07. The largest absolute Gasteiger partial charge is 0.495 e. The van der Waals surface area contributed by atoms with Crippen LogP contribution in [0.2, 0.25) is 0 Å². The molecular formula is C19H30N2O. The highest BCUT2D eigenvalue weighted by molar-refractivity contribution is 5.63. The Morgan fingerprint density at radius 2 is 1.86 bits per heavy atom. The molecule has 3 heteroatoms. The minimum Gasteiger partial charge on any atom is -0.495 e. The number of anilines is 1. The van der Waals surface area contributed by atoms with E-state index < -0.39 is 0 Å². The van der Waals surface area contributed by atoms with E-state index in [4.69, 9.17) is 4.74 Å². The third kappa shape index (κ3) is 2.60. The molecule has 2 fully saturated rings. The van der Waals surface area contributed by atoms with Crippen LogP contribution in [0.5, 0.6) is 5.75 Å². The number of nitrogens with zero attached hydrogens (tertiary/aromatic N) is 2. The summed E-state index contributed by atoms with van der Waals surface area (Å²) in [6.07, 6.45) is 4.06. The zero-order chi connectivity index (χ0) is 16.0. The van der Waals surface area contributed by atoms with E-state index in [2.05, 4.69) is 55.8 Å². The number of piperidine rings is 1. The second kappa shape index (κ2) is 5.45. The van der Waals surface area contributed by atoms with Crippen molar-refractivity contribution in [2.24, 2.45) is 0 Å². The molecule has 0 aromatic heterocycles. The summed E-state index contributed by atoms with van der Waals surface area (Å²) in [5.74, 6) is 1.01. The van der Waals surface area contributed by atoms with E-state index >= 15 is 0 Å². The summed E-state index contributed by atoms with van der Waals surface area (Å²) in [5, 5.41) is 0. The molecule has 122 valence electrons. The van der Waals surface area contributed by atoms with Gasteiger partial charge in [0, 0.05) is 13.1 Å². The van der Waals surface area contributed by atoms with Crippen molar-refractivity contribution in [3.8, 4) is 5.75 Å². The fourth-order valence-corrected chi connectivity index (χ4v) is 3.87.